The molecule has 1 heterocycles. The molecule has 1 aromatic heterocycles. The molecule has 1 amide bonds. The lowest BCUT2D eigenvalue weighted by molar-refractivity contribution is -0.157. The summed E-state index contributed by atoms with van der Waals surface area (Å²) in [6, 6.07) is 5.57. The zero-order valence-corrected chi connectivity index (χ0v) is 12.5. The number of amides is 1. The number of rotatable bonds is 4. The molecule has 5 nitrogen and oxygen atoms in total. The summed E-state index contributed by atoms with van der Waals surface area (Å²) in [6.45, 7) is 1.94. The highest BCUT2D eigenvalue weighted by atomic mass is 32.1. The molecule has 0 atom stereocenters. The molecule has 0 unspecified atom stereocenters. The number of hydrogen-bond acceptors (Lipinski definition) is 4. The van der Waals surface area contributed by atoms with Crippen LogP contribution in [0.15, 0.2) is 18.2 Å². The Morgan fingerprint density at radius 2 is 2.19 bits per heavy atom. The maximum atomic E-state index is 12.1. The molecule has 21 heavy (non-hydrogen) atoms. The Morgan fingerprint density at radius 1 is 1.43 bits per heavy atom. The van der Waals surface area contributed by atoms with Gasteiger partial charge in [0.1, 0.15) is 0 Å². The van der Waals surface area contributed by atoms with Gasteiger partial charge < -0.3 is 10.4 Å². The van der Waals surface area contributed by atoms with Crippen molar-refractivity contribution in [2.75, 3.05) is 5.32 Å². The fourth-order valence-electron chi connectivity index (χ4n) is 2.70. The third kappa shape index (κ3) is 2.63. The molecule has 1 aromatic carbocycles. The van der Waals surface area contributed by atoms with Crippen molar-refractivity contribution in [1.82, 2.24) is 4.98 Å². The molecule has 3 rings (SSSR count). The molecule has 6 heteroatoms. The maximum absolute atomic E-state index is 12.1. The van der Waals surface area contributed by atoms with Gasteiger partial charge in [0.15, 0.2) is 0 Å². The molecule has 0 saturated heterocycles. The first-order valence-electron chi connectivity index (χ1n) is 6.89. The van der Waals surface area contributed by atoms with Gasteiger partial charge in [0.05, 0.1) is 20.6 Å². The van der Waals surface area contributed by atoms with Crippen molar-refractivity contribution in [3.63, 3.8) is 0 Å². The number of aliphatic carboxylic acids is 1. The third-order valence-corrected chi connectivity index (χ3v) is 4.99. The van der Waals surface area contributed by atoms with Crippen LogP contribution < -0.4 is 5.32 Å². The summed E-state index contributed by atoms with van der Waals surface area (Å²) in [5, 5.41) is 13.0. The number of aromatic nitrogens is 1. The number of nitrogens with zero attached hydrogens (tertiary/aromatic N) is 1. The van der Waals surface area contributed by atoms with E-state index in [0.717, 1.165) is 21.6 Å². The highest BCUT2D eigenvalue weighted by Gasteiger charge is 2.45. The molecule has 1 aliphatic rings. The fraction of sp³-hybridized carbons (Fsp3) is 0.400. The molecule has 1 aliphatic carbocycles. The first-order valence-corrected chi connectivity index (χ1v) is 7.71. The van der Waals surface area contributed by atoms with Crippen LogP contribution in [0, 0.1) is 12.3 Å². The number of fused-ring (bicyclic) bond motifs is 1. The first kappa shape index (κ1) is 14.0. The quantitative estimate of drug-likeness (QED) is 0.909. The van der Waals surface area contributed by atoms with Crippen LogP contribution >= 0.6 is 11.3 Å². The van der Waals surface area contributed by atoms with Gasteiger partial charge in [-0.3, -0.25) is 9.59 Å². The van der Waals surface area contributed by atoms with Crippen LogP contribution in [0.2, 0.25) is 0 Å². The summed E-state index contributed by atoms with van der Waals surface area (Å²) >= 11 is 1.60. The predicted octanol–water partition coefficient (Wildman–Crippen LogP) is 3.19. The first-order chi connectivity index (χ1) is 9.98. The van der Waals surface area contributed by atoms with Gasteiger partial charge in [-0.1, -0.05) is 6.42 Å². The number of nitrogens with one attached hydrogen (secondary N) is 1. The van der Waals surface area contributed by atoms with E-state index in [1.54, 1.807) is 11.3 Å². The molecule has 0 spiro atoms. The van der Waals surface area contributed by atoms with Gasteiger partial charge in [0, 0.05) is 12.1 Å². The van der Waals surface area contributed by atoms with E-state index in [2.05, 4.69) is 10.3 Å². The summed E-state index contributed by atoms with van der Waals surface area (Å²) in [7, 11) is 0. The van der Waals surface area contributed by atoms with Crippen LogP contribution in [0.25, 0.3) is 10.2 Å². The van der Waals surface area contributed by atoms with Crippen LogP contribution in [0.4, 0.5) is 5.69 Å². The van der Waals surface area contributed by atoms with Gasteiger partial charge in [-0.05, 0) is 38.0 Å². The van der Waals surface area contributed by atoms with Crippen molar-refractivity contribution in [2.45, 2.75) is 32.6 Å². The highest BCUT2D eigenvalue weighted by Crippen LogP contribution is 2.44. The van der Waals surface area contributed by atoms with Crippen LogP contribution in [0.5, 0.6) is 0 Å². The Kier molecular flexibility index (Phi) is 3.41. The van der Waals surface area contributed by atoms with Crippen LogP contribution in [-0.4, -0.2) is 22.0 Å². The number of aryl methyl sites for hydroxylation is 1. The number of carbonyl (C=O) groups excluding carboxylic acids is 1. The minimum Gasteiger partial charge on any atom is -0.481 e. The van der Waals surface area contributed by atoms with Crippen molar-refractivity contribution in [2.24, 2.45) is 5.41 Å². The normalized spacial score (nSPS) is 16.4. The van der Waals surface area contributed by atoms with E-state index in [-0.39, 0.29) is 12.3 Å². The molecule has 2 aromatic rings. The molecular weight excluding hydrogens is 288 g/mol. The van der Waals surface area contributed by atoms with Crippen LogP contribution in [0.3, 0.4) is 0 Å². The predicted molar refractivity (Wildman–Crippen MR) is 81.5 cm³/mol. The lowest BCUT2D eigenvalue weighted by Crippen LogP contribution is -2.41. The molecular formula is C15H16N2O3S. The minimum atomic E-state index is -0.866. The number of thiazole rings is 1. The maximum Gasteiger partial charge on any atom is 0.310 e. The molecule has 2 N–H and O–H groups in total. The second-order valence-electron chi connectivity index (χ2n) is 5.58. The number of benzene rings is 1. The zero-order valence-electron chi connectivity index (χ0n) is 11.7. The SMILES string of the molecule is Cc1nc2cc(NC(=O)CC3(C(=O)O)CCC3)ccc2s1. The van der Waals surface area contributed by atoms with E-state index in [1.165, 1.54) is 0 Å². The van der Waals surface area contributed by atoms with Crippen molar-refractivity contribution in [3.05, 3.63) is 23.2 Å². The van der Waals surface area contributed by atoms with Gasteiger partial charge in [-0.25, -0.2) is 4.98 Å². The molecule has 1 fully saturated rings. The molecule has 0 aliphatic heterocycles. The topological polar surface area (TPSA) is 79.3 Å². The second kappa shape index (κ2) is 5.11. The van der Waals surface area contributed by atoms with Gasteiger partial charge >= 0.3 is 5.97 Å². The Morgan fingerprint density at radius 3 is 2.81 bits per heavy atom. The summed E-state index contributed by atoms with van der Waals surface area (Å²) in [5.74, 6) is -1.11. The molecule has 0 radical (unpaired) electrons. The Balaban J connectivity index is 1.72. The van der Waals surface area contributed by atoms with Gasteiger partial charge in [-0.15, -0.1) is 11.3 Å². The monoisotopic (exact) mass is 304 g/mol. The van der Waals surface area contributed by atoms with Gasteiger partial charge in [0.2, 0.25) is 5.91 Å². The van der Waals surface area contributed by atoms with E-state index >= 15 is 0 Å². The average molecular weight is 304 g/mol. The van der Waals surface area contributed by atoms with Crippen molar-refractivity contribution < 1.29 is 14.7 Å². The second-order valence-corrected chi connectivity index (χ2v) is 6.81. The lowest BCUT2D eigenvalue weighted by Gasteiger charge is -2.36. The standard InChI is InChI=1S/C15H16N2O3S/c1-9-16-11-7-10(3-4-12(11)21-9)17-13(18)8-15(14(19)20)5-2-6-15/h3-4,7H,2,5-6,8H2,1H3,(H,17,18)(H,19,20). The lowest BCUT2D eigenvalue weighted by atomic mass is 9.66. The fourth-order valence-corrected chi connectivity index (χ4v) is 3.51. The molecule has 1 saturated carbocycles. The van der Waals surface area contributed by atoms with E-state index in [0.29, 0.717) is 18.5 Å². The van der Waals surface area contributed by atoms with E-state index in [1.807, 2.05) is 25.1 Å². The van der Waals surface area contributed by atoms with Gasteiger partial charge in [0.25, 0.3) is 0 Å². The summed E-state index contributed by atoms with van der Waals surface area (Å²) in [6.07, 6.45) is 2.08. The largest absolute Gasteiger partial charge is 0.481 e. The van der Waals surface area contributed by atoms with E-state index in [9.17, 15) is 14.7 Å². The summed E-state index contributed by atoms with van der Waals surface area (Å²) in [4.78, 5) is 27.7. The van der Waals surface area contributed by atoms with E-state index in [4.69, 9.17) is 0 Å². The number of carboxylic acid groups (broad SMARTS) is 1. The number of anilines is 1. The number of carboxylic acids is 1. The average Bonchev–Trinajstić information content (AvgIpc) is 2.72. The molecule has 0 bridgehead atoms. The van der Waals surface area contributed by atoms with Gasteiger partial charge in [-0.2, -0.15) is 0 Å². The third-order valence-electron chi connectivity index (χ3n) is 4.04. The number of hydrogen-bond donors (Lipinski definition) is 2. The molecule has 110 valence electrons. The van der Waals surface area contributed by atoms with E-state index < -0.39 is 11.4 Å². The summed E-state index contributed by atoms with van der Waals surface area (Å²) < 4.78 is 1.08. The van der Waals surface area contributed by atoms with Crippen molar-refractivity contribution in [3.8, 4) is 0 Å². The Labute approximate surface area is 126 Å². The zero-order chi connectivity index (χ0) is 15.0. The van der Waals surface area contributed by atoms with Crippen molar-refractivity contribution in [1.29, 1.82) is 0 Å². The van der Waals surface area contributed by atoms with Crippen LogP contribution in [0.1, 0.15) is 30.7 Å². The Bertz CT molecular complexity index is 719. The van der Waals surface area contributed by atoms with Crippen molar-refractivity contribution >= 4 is 39.1 Å². The van der Waals surface area contributed by atoms with Crippen LogP contribution in [-0.2, 0) is 9.59 Å². The number of carbonyl (C=O) groups is 2. The highest BCUT2D eigenvalue weighted by molar-refractivity contribution is 7.18. The minimum absolute atomic E-state index is 0.0382. The summed E-state index contributed by atoms with van der Waals surface area (Å²) in [5.41, 5.74) is 0.662. The smallest absolute Gasteiger partial charge is 0.310 e. The Hall–Kier alpha value is -1.95.